The zero-order chi connectivity index (χ0) is 21.4. The Morgan fingerprint density at radius 1 is 0.536 bits per heavy atom. The van der Waals surface area contributed by atoms with Crippen LogP contribution in [0.3, 0.4) is 0 Å². The third-order valence-corrected chi connectivity index (χ3v) is 3.62. The van der Waals surface area contributed by atoms with E-state index in [1.807, 2.05) is 0 Å². The molecule has 0 aliphatic rings. The molecule has 0 spiro atoms. The van der Waals surface area contributed by atoms with E-state index >= 15 is 0 Å². The fraction of sp³-hybridized carbons (Fsp3) is 0.750. The molecule has 0 aliphatic carbocycles. The van der Waals surface area contributed by atoms with Gasteiger partial charge in [-0.25, -0.2) is 19.2 Å². The lowest BCUT2D eigenvalue weighted by molar-refractivity contribution is 0.000621. The molecule has 0 radical (unpaired) electrons. The highest BCUT2D eigenvalue weighted by molar-refractivity contribution is 5.58. The lowest BCUT2D eigenvalue weighted by Crippen LogP contribution is -2.24. The minimum Gasteiger partial charge on any atom is -0.450 e. The van der Waals surface area contributed by atoms with Crippen LogP contribution in [0.4, 0.5) is 19.2 Å². The number of hydrogen-bond acceptors (Lipinski definition) is 8. The zero-order valence-electron chi connectivity index (χ0n) is 15.3. The lowest BCUT2D eigenvalue weighted by atomic mass is 10.0. The third kappa shape index (κ3) is 16.5. The first kappa shape index (κ1) is 25.1. The molecule has 0 amide bonds. The summed E-state index contributed by atoms with van der Waals surface area (Å²) in [5.41, 5.74) is 0. The van der Waals surface area contributed by atoms with Crippen molar-refractivity contribution >= 4 is 24.6 Å². The molecule has 2 atom stereocenters. The minimum atomic E-state index is -1.50. The molecule has 0 fully saturated rings. The van der Waals surface area contributed by atoms with Gasteiger partial charge in [-0.05, 0) is 25.7 Å². The third-order valence-electron chi connectivity index (χ3n) is 3.62. The molecule has 12 heteroatoms. The standard InChI is InChI=1S/C16H26O12/c17-13(18)25-9-11(27-15(21)22)7-5-3-1-2-4-6-8-12(28-16(23)24)10-26-14(19)20/h11-12H,1-10H2,(H,17,18)(H,19,20)(H,21,22)(H,23,24). The highest BCUT2D eigenvalue weighted by atomic mass is 16.7. The first-order valence-corrected chi connectivity index (χ1v) is 8.71. The normalized spacial score (nSPS) is 12.4. The number of carbonyl (C=O) groups is 4. The Kier molecular flexibility index (Phi) is 13.6. The Bertz CT molecular complexity index is 448. The van der Waals surface area contributed by atoms with Gasteiger partial charge < -0.3 is 39.4 Å². The van der Waals surface area contributed by atoms with Gasteiger partial charge in [0.1, 0.15) is 25.4 Å². The summed E-state index contributed by atoms with van der Waals surface area (Å²) < 4.78 is 17.8. The Labute approximate surface area is 160 Å². The van der Waals surface area contributed by atoms with Gasteiger partial charge in [0.2, 0.25) is 0 Å². The van der Waals surface area contributed by atoms with E-state index in [-0.39, 0.29) is 13.2 Å². The second-order valence-corrected chi connectivity index (χ2v) is 5.86. The molecule has 0 saturated carbocycles. The molecule has 2 unspecified atom stereocenters. The van der Waals surface area contributed by atoms with Crippen LogP contribution in [0.15, 0.2) is 0 Å². The van der Waals surface area contributed by atoms with Gasteiger partial charge in [0.25, 0.3) is 0 Å². The summed E-state index contributed by atoms with van der Waals surface area (Å²) in [6.45, 7) is -0.712. The van der Waals surface area contributed by atoms with Crippen molar-refractivity contribution < 1.29 is 58.6 Å². The molecular formula is C16H26O12. The Hall–Kier alpha value is -2.92. The average Bonchev–Trinajstić information content (AvgIpc) is 2.58. The molecule has 162 valence electrons. The monoisotopic (exact) mass is 410 g/mol. The van der Waals surface area contributed by atoms with Gasteiger partial charge in [-0.2, -0.15) is 0 Å². The maximum Gasteiger partial charge on any atom is 0.506 e. The van der Waals surface area contributed by atoms with Crippen molar-refractivity contribution in [3.05, 3.63) is 0 Å². The fourth-order valence-corrected chi connectivity index (χ4v) is 2.42. The van der Waals surface area contributed by atoms with Crippen LogP contribution >= 0.6 is 0 Å². The fourth-order valence-electron chi connectivity index (χ4n) is 2.42. The first-order chi connectivity index (χ1) is 13.2. The van der Waals surface area contributed by atoms with Gasteiger partial charge in [0.15, 0.2) is 0 Å². The van der Waals surface area contributed by atoms with Gasteiger partial charge in [-0.1, -0.05) is 25.7 Å². The largest absolute Gasteiger partial charge is 0.506 e. The van der Waals surface area contributed by atoms with Crippen molar-refractivity contribution in [3.8, 4) is 0 Å². The lowest BCUT2D eigenvalue weighted by Gasteiger charge is -2.15. The summed E-state index contributed by atoms with van der Waals surface area (Å²) in [6, 6.07) is 0. The predicted octanol–water partition coefficient (Wildman–Crippen LogP) is 3.62. The summed E-state index contributed by atoms with van der Waals surface area (Å²) in [5, 5.41) is 34.1. The molecular weight excluding hydrogens is 384 g/mol. The Balaban J connectivity index is 3.88. The molecule has 0 aromatic heterocycles. The Morgan fingerprint density at radius 3 is 1.14 bits per heavy atom. The maximum atomic E-state index is 10.6. The maximum absolute atomic E-state index is 10.6. The number of ether oxygens (including phenoxy) is 4. The van der Waals surface area contributed by atoms with Crippen molar-refractivity contribution in [1.82, 2.24) is 0 Å². The molecule has 12 nitrogen and oxygen atoms in total. The second-order valence-electron chi connectivity index (χ2n) is 5.86. The molecule has 0 aromatic carbocycles. The van der Waals surface area contributed by atoms with Crippen LogP contribution in [0.2, 0.25) is 0 Å². The summed E-state index contributed by atoms with van der Waals surface area (Å²) >= 11 is 0. The summed E-state index contributed by atoms with van der Waals surface area (Å²) in [5.74, 6) is 0. The first-order valence-electron chi connectivity index (χ1n) is 8.71. The van der Waals surface area contributed by atoms with Gasteiger partial charge in [-0.3, -0.25) is 0 Å². The number of rotatable bonds is 15. The van der Waals surface area contributed by atoms with E-state index in [0.717, 1.165) is 25.7 Å². The summed E-state index contributed by atoms with van der Waals surface area (Å²) in [7, 11) is 0. The van der Waals surface area contributed by atoms with Gasteiger partial charge >= 0.3 is 24.6 Å². The highest BCUT2D eigenvalue weighted by Gasteiger charge is 2.17. The van der Waals surface area contributed by atoms with Crippen LogP contribution in [-0.2, 0) is 18.9 Å². The van der Waals surface area contributed by atoms with Gasteiger partial charge in [-0.15, -0.1) is 0 Å². The minimum absolute atomic E-state index is 0.334. The van der Waals surface area contributed by atoms with Crippen molar-refractivity contribution in [2.75, 3.05) is 13.2 Å². The highest BCUT2D eigenvalue weighted by Crippen LogP contribution is 2.14. The molecule has 0 saturated heterocycles. The number of carboxylic acid groups (broad SMARTS) is 4. The van der Waals surface area contributed by atoms with E-state index < -0.39 is 36.8 Å². The predicted molar refractivity (Wildman–Crippen MR) is 90.7 cm³/mol. The van der Waals surface area contributed by atoms with Crippen LogP contribution in [0.1, 0.15) is 51.4 Å². The van der Waals surface area contributed by atoms with Gasteiger partial charge in [0.05, 0.1) is 0 Å². The van der Waals surface area contributed by atoms with Crippen LogP contribution < -0.4 is 0 Å². The summed E-state index contributed by atoms with van der Waals surface area (Å²) in [6.07, 6.45) is -2.59. The van der Waals surface area contributed by atoms with E-state index in [9.17, 15) is 19.2 Å². The van der Waals surface area contributed by atoms with Crippen molar-refractivity contribution in [2.24, 2.45) is 0 Å². The Morgan fingerprint density at radius 2 is 0.857 bits per heavy atom. The van der Waals surface area contributed by atoms with Crippen LogP contribution in [0, 0.1) is 0 Å². The molecule has 0 aromatic rings. The van der Waals surface area contributed by atoms with E-state index in [1.54, 1.807) is 0 Å². The average molecular weight is 410 g/mol. The summed E-state index contributed by atoms with van der Waals surface area (Å²) in [4.78, 5) is 41.8. The van der Waals surface area contributed by atoms with E-state index in [2.05, 4.69) is 18.9 Å². The topological polar surface area (TPSA) is 186 Å². The quantitative estimate of drug-likeness (QED) is 0.175. The van der Waals surface area contributed by atoms with E-state index in [0.29, 0.717) is 25.7 Å². The molecule has 0 heterocycles. The molecule has 28 heavy (non-hydrogen) atoms. The van der Waals surface area contributed by atoms with Crippen molar-refractivity contribution in [3.63, 3.8) is 0 Å². The number of unbranched alkanes of at least 4 members (excludes halogenated alkanes) is 5. The molecule has 4 N–H and O–H groups in total. The zero-order valence-corrected chi connectivity index (χ0v) is 15.3. The molecule has 0 aliphatic heterocycles. The SMILES string of the molecule is O=C(O)OCC(CCCCCCCCC(COC(=O)O)OC(=O)O)OC(=O)O. The van der Waals surface area contributed by atoms with Crippen molar-refractivity contribution in [1.29, 1.82) is 0 Å². The van der Waals surface area contributed by atoms with Crippen LogP contribution in [-0.4, -0.2) is 70.5 Å². The second kappa shape index (κ2) is 15.2. The van der Waals surface area contributed by atoms with Crippen LogP contribution in [0.25, 0.3) is 0 Å². The number of hydrogen-bond donors (Lipinski definition) is 4. The molecule has 0 bridgehead atoms. The van der Waals surface area contributed by atoms with E-state index in [1.165, 1.54) is 0 Å². The molecule has 0 rings (SSSR count). The van der Waals surface area contributed by atoms with E-state index in [4.69, 9.17) is 20.4 Å². The van der Waals surface area contributed by atoms with Crippen LogP contribution in [0.5, 0.6) is 0 Å². The van der Waals surface area contributed by atoms with Crippen molar-refractivity contribution in [2.45, 2.75) is 63.6 Å². The van der Waals surface area contributed by atoms with Gasteiger partial charge in [0, 0.05) is 0 Å². The smallest absolute Gasteiger partial charge is 0.450 e.